The number of sulfonamides is 1. The van der Waals surface area contributed by atoms with Gasteiger partial charge < -0.3 is 10.6 Å². The molecule has 0 heterocycles. The molecule has 0 radical (unpaired) electrons. The summed E-state index contributed by atoms with van der Waals surface area (Å²) in [7, 11) is -4.21. The number of aryl methyl sites for hydroxylation is 1. The zero-order valence-electron chi connectivity index (χ0n) is 16.1. The summed E-state index contributed by atoms with van der Waals surface area (Å²) in [5.74, 6) is -0.726. The van der Waals surface area contributed by atoms with Crippen molar-refractivity contribution in [2.24, 2.45) is 0 Å². The molecule has 7 nitrogen and oxygen atoms in total. The van der Waals surface area contributed by atoms with E-state index >= 15 is 0 Å². The van der Waals surface area contributed by atoms with Crippen LogP contribution >= 0.6 is 0 Å². The summed E-state index contributed by atoms with van der Waals surface area (Å²) < 4.78 is 64.7. The van der Waals surface area contributed by atoms with Crippen molar-refractivity contribution in [3.8, 4) is 0 Å². The molecule has 2 amide bonds. The Bertz CT molecular complexity index is 1050. The first-order chi connectivity index (χ1) is 13.9. The molecular weight excluding hydrogens is 423 g/mol. The van der Waals surface area contributed by atoms with Gasteiger partial charge in [0.15, 0.2) is 0 Å². The normalized spacial score (nSPS) is 11.8. The number of anilines is 2. The zero-order valence-corrected chi connectivity index (χ0v) is 16.9. The van der Waals surface area contributed by atoms with Gasteiger partial charge in [0, 0.05) is 31.3 Å². The number of alkyl halides is 3. The molecule has 3 N–H and O–H groups in total. The Kier molecular flexibility index (Phi) is 7.21. The topological polar surface area (TPSA) is 104 Å². The number of halogens is 3. The summed E-state index contributed by atoms with van der Waals surface area (Å²) in [6.45, 7) is 2.81. The first kappa shape index (κ1) is 23.4. The minimum absolute atomic E-state index is 0.231. The second-order valence-electron chi connectivity index (χ2n) is 6.43. The fourth-order valence-electron chi connectivity index (χ4n) is 2.52. The molecule has 2 aromatic carbocycles. The Morgan fingerprint density at radius 2 is 1.73 bits per heavy atom. The van der Waals surface area contributed by atoms with Crippen molar-refractivity contribution < 1.29 is 31.2 Å². The lowest BCUT2D eigenvalue weighted by molar-refractivity contribution is -0.137. The molecule has 0 unspecified atom stereocenters. The van der Waals surface area contributed by atoms with Gasteiger partial charge in [0.25, 0.3) is 0 Å². The van der Waals surface area contributed by atoms with Crippen LogP contribution < -0.4 is 15.4 Å². The summed E-state index contributed by atoms with van der Waals surface area (Å²) in [5.41, 5.74) is 0.677. The van der Waals surface area contributed by atoms with E-state index < -0.39 is 32.6 Å². The molecule has 0 aliphatic rings. The van der Waals surface area contributed by atoms with Crippen LogP contribution in [-0.2, 0) is 25.8 Å². The lowest BCUT2D eigenvalue weighted by atomic mass is 10.1. The van der Waals surface area contributed by atoms with Crippen LogP contribution in [0.3, 0.4) is 0 Å². The van der Waals surface area contributed by atoms with E-state index in [4.69, 9.17) is 0 Å². The highest BCUT2D eigenvalue weighted by Gasteiger charge is 2.31. The first-order valence-electron chi connectivity index (χ1n) is 8.73. The predicted octanol–water partition coefficient (Wildman–Crippen LogP) is 3.28. The molecular formula is C19H20F3N3O4S. The van der Waals surface area contributed by atoms with E-state index in [2.05, 4.69) is 15.4 Å². The van der Waals surface area contributed by atoms with Gasteiger partial charge in [0.05, 0.1) is 10.5 Å². The highest BCUT2D eigenvalue weighted by atomic mass is 32.2. The van der Waals surface area contributed by atoms with Crippen molar-refractivity contribution in [3.63, 3.8) is 0 Å². The average Bonchev–Trinajstić information content (AvgIpc) is 2.63. The largest absolute Gasteiger partial charge is 0.416 e. The van der Waals surface area contributed by atoms with Gasteiger partial charge in [-0.05, 0) is 48.9 Å². The van der Waals surface area contributed by atoms with Crippen molar-refractivity contribution in [1.82, 2.24) is 4.72 Å². The number of rotatable bonds is 7. The van der Waals surface area contributed by atoms with E-state index in [9.17, 15) is 31.2 Å². The molecule has 2 aromatic rings. The van der Waals surface area contributed by atoms with E-state index in [1.165, 1.54) is 6.92 Å². The Morgan fingerprint density at radius 1 is 1.03 bits per heavy atom. The van der Waals surface area contributed by atoms with E-state index in [0.29, 0.717) is 23.0 Å². The maximum atomic E-state index is 12.7. The van der Waals surface area contributed by atoms with Crippen molar-refractivity contribution >= 4 is 33.2 Å². The molecule has 0 saturated carbocycles. The lowest BCUT2D eigenvalue weighted by Gasteiger charge is -2.11. The predicted molar refractivity (Wildman–Crippen MR) is 105 cm³/mol. The third kappa shape index (κ3) is 6.56. The van der Waals surface area contributed by atoms with E-state index in [-0.39, 0.29) is 18.9 Å². The summed E-state index contributed by atoms with van der Waals surface area (Å²) in [5, 5.41) is 5.22. The van der Waals surface area contributed by atoms with Crippen molar-refractivity contribution in [3.05, 3.63) is 53.6 Å². The third-order valence-electron chi connectivity index (χ3n) is 3.94. The molecule has 11 heteroatoms. The molecule has 2 rings (SSSR count). The quantitative estimate of drug-likeness (QED) is 0.611. The smallest absolute Gasteiger partial charge is 0.326 e. The number of hydrogen-bond donors (Lipinski definition) is 3. The second-order valence-corrected chi connectivity index (χ2v) is 8.20. The summed E-state index contributed by atoms with van der Waals surface area (Å²) in [6, 6.07) is 8.16. The maximum Gasteiger partial charge on any atom is 0.416 e. The second kappa shape index (κ2) is 9.26. The number of carbonyl (C=O) groups is 2. The molecule has 0 bridgehead atoms. The minimum atomic E-state index is -4.67. The third-order valence-corrected chi connectivity index (χ3v) is 5.40. The van der Waals surface area contributed by atoms with Crippen LogP contribution in [0.25, 0.3) is 0 Å². The highest BCUT2D eigenvalue weighted by molar-refractivity contribution is 7.89. The van der Waals surface area contributed by atoms with Gasteiger partial charge >= 0.3 is 6.18 Å². The number of hydrogen-bond acceptors (Lipinski definition) is 4. The first-order valence-corrected chi connectivity index (χ1v) is 10.2. The zero-order chi connectivity index (χ0) is 22.5. The van der Waals surface area contributed by atoms with Crippen molar-refractivity contribution in [2.75, 3.05) is 17.2 Å². The monoisotopic (exact) mass is 443 g/mol. The maximum absolute atomic E-state index is 12.7. The lowest BCUT2D eigenvalue weighted by Crippen LogP contribution is -2.28. The van der Waals surface area contributed by atoms with E-state index in [1.807, 2.05) is 0 Å². The number of amides is 2. The molecule has 0 atom stereocenters. The molecule has 162 valence electrons. The molecule has 0 aromatic heterocycles. The Hall–Kier alpha value is -2.92. The molecule has 0 aliphatic heterocycles. The van der Waals surface area contributed by atoms with Crippen molar-refractivity contribution in [1.29, 1.82) is 0 Å². The minimum Gasteiger partial charge on any atom is -0.326 e. The van der Waals surface area contributed by atoms with Gasteiger partial charge in [-0.1, -0.05) is 6.07 Å². The Balaban J connectivity index is 1.94. The summed E-state index contributed by atoms with van der Waals surface area (Å²) in [4.78, 5) is 22.6. The fourth-order valence-corrected chi connectivity index (χ4v) is 3.59. The summed E-state index contributed by atoms with van der Waals surface area (Å²) in [6.07, 6.45) is -4.90. The molecule has 30 heavy (non-hydrogen) atoms. The van der Waals surface area contributed by atoms with Crippen LogP contribution in [0.4, 0.5) is 24.5 Å². The Morgan fingerprint density at radius 3 is 2.33 bits per heavy atom. The molecule has 0 aliphatic carbocycles. The molecule has 0 saturated heterocycles. The standard InChI is InChI=1S/C19H20F3N3O4S/c1-12-10-15(6-7-17(12)24-13(2)26)25-18(27)8-9-23-30(28,29)16-5-3-4-14(11-16)19(20,21)22/h3-7,10-11,23H,8-9H2,1-2H3,(H,24,26)(H,25,27). The van der Waals surface area contributed by atoms with Crippen LogP contribution in [0, 0.1) is 6.92 Å². The number of benzene rings is 2. The van der Waals surface area contributed by atoms with Gasteiger partial charge in [-0.2, -0.15) is 13.2 Å². The fraction of sp³-hybridized carbons (Fsp3) is 0.263. The van der Waals surface area contributed by atoms with E-state index in [1.54, 1.807) is 25.1 Å². The van der Waals surface area contributed by atoms with Gasteiger partial charge in [-0.25, -0.2) is 13.1 Å². The molecule has 0 fully saturated rings. The van der Waals surface area contributed by atoms with Crippen LogP contribution in [-0.4, -0.2) is 26.8 Å². The Labute approximate surface area is 171 Å². The van der Waals surface area contributed by atoms with Gasteiger partial charge in [0.1, 0.15) is 0 Å². The highest BCUT2D eigenvalue weighted by Crippen LogP contribution is 2.30. The van der Waals surface area contributed by atoms with Gasteiger partial charge in [-0.15, -0.1) is 0 Å². The molecule has 0 spiro atoms. The van der Waals surface area contributed by atoms with Crippen LogP contribution in [0.5, 0.6) is 0 Å². The average molecular weight is 443 g/mol. The van der Waals surface area contributed by atoms with Crippen LogP contribution in [0.1, 0.15) is 24.5 Å². The number of carbonyl (C=O) groups excluding carboxylic acids is 2. The SMILES string of the molecule is CC(=O)Nc1ccc(NC(=O)CCNS(=O)(=O)c2cccc(C(F)(F)F)c2)cc1C. The van der Waals surface area contributed by atoms with E-state index in [0.717, 1.165) is 18.2 Å². The van der Waals surface area contributed by atoms with Crippen molar-refractivity contribution in [2.45, 2.75) is 31.3 Å². The van der Waals surface area contributed by atoms with Gasteiger partial charge in [0.2, 0.25) is 21.8 Å². The van der Waals surface area contributed by atoms with Gasteiger partial charge in [-0.3, -0.25) is 9.59 Å². The van der Waals surface area contributed by atoms with Crippen LogP contribution in [0.2, 0.25) is 0 Å². The summed E-state index contributed by atoms with van der Waals surface area (Å²) >= 11 is 0. The van der Waals surface area contributed by atoms with Crippen LogP contribution in [0.15, 0.2) is 47.4 Å². The number of nitrogens with one attached hydrogen (secondary N) is 3.